The Morgan fingerprint density at radius 3 is 2.15 bits per heavy atom. The van der Waals surface area contributed by atoms with Crippen LogP contribution in [0, 0.1) is 18.3 Å². The van der Waals surface area contributed by atoms with Crippen molar-refractivity contribution in [2.24, 2.45) is 5.92 Å². The van der Waals surface area contributed by atoms with Crippen molar-refractivity contribution >= 4 is 17.6 Å². The lowest BCUT2D eigenvalue weighted by Crippen LogP contribution is -2.39. The number of rotatable bonds is 21. The van der Waals surface area contributed by atoms with E-state index in [9.17, 15) is 14.7 Å². The van der Waals surface area contributed by atoms with E-state index in [0.717, 1.165) is 54.7 Å². The molecule has 0 unspecified atom stereocenters. The number of anilines is 1. The summed E-state index contributed by atoms with van der Waals surface area (Å²) in [6.45, 7) is 29.8. The number of carboxylic acids is 1. The van der Waals surface area contributed by atoms with Gasteiger partial charge < -0.3 is 20.1 Å². The molecule has 0 bridgehead atoms. The lowest BCUT2D eigenvalue weighted by Gasteiger charge is -2.26. The van der Waals surface area contributed by atoms with Crippen molar-refractivity contribution in [2.75, 3.05) is 31.1 Å². The van der Waals surface area contributed by atoms with Crippen LogP contribution in [0.1, 0.15) is 138 Å². The molecule has 0 saturated carbocycles. The van der Waals surface area contributed by atoms with E-state index in [4.69, 9.17) is 4.74 Å². The van der Waals surface area contributed by atoms with Crippen LogP contribution in [0.3, 0.4) is 0 Å². The number of aromatic carboxylic acids is 1. The third kappa shape index (κ3) is 31.7. The molecule has 0 aliphatic rings. The molecule has 294 valence electrons. The van der Waals surface area contributed by atoms with E-state index >= 15 is 0 Å². The molecule has 0 aliphatic carbocycles. The van der Waals surface area contributed by atoms with Gasteiger partial charge in [-0.25, -0.2) is 4.79 Å². The number of nitrogens with zero attached hydrogens (tertiary/aromatic N) is 1. The molecule has 52 heavy (non-hydrogen) atoms. The SMILES string of the molecule is C#CC.C=C/C=C\C(=C/CC)COC(=CC/C=C/CN(CC(=O)NCC(C)C)c1cc(C(=O)O)ccc1CCCC)/C=C\CC.CC.CC.CCC. The van der Waals surface area contributed by atoms with Gasteiger partial charge in [0.1, 0.15) is 12.4 Å². The number of hydrogen-bond donors (Lipinski definition) is 2. The number of nitrogens with one attached hydrogen (secondary N) is 1. The van der Waals surface area contributed by atoms with E-state index in [1.54, 1.807) is 25.1 Å². The van der Waals surface area contributed by atoms with Crippen LogP contribution in [-0.4, -0.2) is 43.2 Å². The molecule has 0 saturated heterocycles. The van der Waals surface area contributed by atoms with Gasteiger partial charge in [0.2, 0.25) is 5.91 Å². The molecule has 6 nitrogen and oxygen atoms in total. The first-order valence-electron chi connectivity index (χ1n) is 19.5. The normalized spacial score (nSPS) is 10.8. The number of hydrogen-bond acceptors (Lipinski definition) is 4. The van der Waals surface area contributed by atoms with Crippen LogP contribution in [0.5, 0.6) is 0 Å². The van der Waals surface area contributed by atoms with Gasteiger partial charge in [0.05, 0.1) is 12.1 Å². The molecule has 6 heteroatoms. The van der Waals surface area contributed by atoms with Gasteiger partial charge in [-0.05, 0) is 80.4 Å². The van der Waals surface area contributed by atoms with Gasteiger partial charge in [-0.2, -0.15) is 0 Å². The van der Waals surface area contributed by atoms with E-state index in [1.807, 2.05) is 69.0 Å². The smallest absolute Gasteiger partial charge is 0.335 e. The second-order valence-electron chi connectivity index (χ2n) is 11.5. The molecule has 2 N–H and O–H groups in total. The van der Waals surface area contributed by atoms with Crippen LogP contribution < -0.4 is 10.2 Å². The molecular formula is C46H76N2O4. The van der Waals surface area contributed by atoms with Crippen LogP contribution in [-0.2, 0) is 16.0 Å². The van der Waals surface area contributed by atoms with Crippen molar-refractivity contribution in [2.45, 2.75) is 128 Å². The summed E-state index contributed by atoms with van der Waals surface area (Å²) in [5.74, 6) is 2.33. The summed E-state index contributed by atoms with van der Waals surface area (Å²) in [5.41, 5.74) is 3.15. The molecule has 0 atom stereocenters. The van der Waals surface area contributed by atoms with Crippen LogP contribution in [0.15, 0.2) is 90.8 Å². The van der Waals surface area contributed by atoms with Gasteiger partial charge in [0, 0.05) is 18.8 Å². The highest BCUT2D eigenvalue weighted by molar-refractivity contribution is 5.90. The van der Waals surface area contributed by atoms with Crippen molar-refractivity contribution in [1.82, 2.24) is 5.32 Å². The van der Waals surface area contributed by atoms with Gasteiger partial charge in [-0.15, -0.1) is 12.3 Å². The van der Waals surface area contributed by atoms with Crippen LogP contribution in [0.2, 0.25) is 0 Å². The quantitative estimate of drug-likeness (QED) is 0.0572. The van der Waals surface area contributed by atoms with Crippen LogP contribution in [0.25, 0.3) is 0 Å². The maximum atomic E-state index is 12.9. The zero-order valence-electron chi connectivity index (χ0n) is 35.2. The van der Waals surface area contributed by atoms with E-state index in [-0.39, 0.29) is 18.0 Å². The summed E-state index contributed by atoms with van der Waals surface area (Å²) in [7, 11) is 0. The third-order valence-electron chi connectivity index (χ3n) is 6.30. The highest BCUT2D eigenvalue weighted by atomic mass is 16.5. The number of carboxylic acid groups (broad SMARTS) is 1. The molecule has 0 aromatic heterocycles. The lowest BCUT2D eigenvalue weighted by molar-refractivity contribution is -0.119. The number of unbranched alkanes of at least 4 members (excludes halogenated alkanes) is 1. The number of terminal acetylenes is 1. The maximum absolute atomic E-state index is 12.9. The summed E-state index contributed by atoms with van der Waals surface area (Å²) in [5, 5.41) is 12.6. The Labute approximate surface area is 320 Å². The van der Waals surface area contributed by atoms with Gasteiger partial charge >= 0.3 is 5.97 Å². The fourth-order valence-electron chi connectivity index (χ4n) is 4.05. The molecule has 1 aromatic rings. The number of benzene rings is 1. The molecule has 0 spiro atoms. The van der Waals surface area contributed by atoms with Crippen molar-refractivity contribution in [3.05, 3.63) is 102 Å². The van der Waals surface area contributed by atoms with Gasteiger partial charge in [0.15, 0.2) is 0 Å². The summed E-state index contributed by atoms with van der Waals surface area (Å²) in [4.78, 5) is 26.6. The largest absolute Gasteiger partial charge is 0.489 e. The lowest BCUT2D eigenvalue weighted by atomic mass is 10.0. The molecule has 0 fully saturated rings. The van der Waals surface area contributed by atoms with Gasteiger partial charge in [0.25, 0.3) is 0 Å². The molecule has 1 rings (SSSR count). The number of allylic oxidation sites excluding steroid dienone is 7. The predicted octanol–water partition coefficient (Wildman–Crippen LogP) is 12.3. The number of carbonyl (C=O) groups is 2. The summed E-state index contributed by atoms with van der Waals surface area (Å²) in [6.07, 6.45) is 29.2. The first kappa shape index (κ1) is 54.5. The van der Waals surface area contributed by atoms with E-state index < -0.39 is 5.97 Å². The highest BCUT2D eigenvalue weighted by Gasteiger charge is 2.17. The van der Waals surface area contributed by atoms with E-state index in [1.165, 1.54) is 6.42 Å². The van der Waals surface area contributed by atoms with E-state index in [0.29, 0.717) is 32.0 Å². The zero-order valence-corrected chi connectivity index (χ0v) is 35.2. The Hall–Kier alpha value is -4.24. The first-order chi connectivity index (χ1) is 25.1. The Morgan fingerprint density at radius 1 is 1.00 bits per heavy atom. The number of amides is 1. The van der Waals surface area contributed by atoms with E-state index in [2.05, 4.69) is 90.9 Å². The molecule has 0 aliphatic heterocycles. The summed E-state index contributed by atoms with van der Waals surface area (Å²) < 4.78 is 6.11. The summed E-state index contributed by atoms with van der Waals surface area (Å²) in [6, 6.07) is 5.23. The second kappa shape index (κ2) is 41.2. The zero-order chi connectivity index (χ0) is 40.6. The minimum atomic E-state index is -0.979. The maximum Gasteiger partial charge on any atom is 0.335 e. The average Bonchev–Trinajstić information content (AvgIpc) is 3.14. The monoisotopic (exact) mass is 721 g/mol. The number of aryl methyl sites for hydroxylation is 1. The third-order valence-corrected chi connectivity index (χ3v) is 6.30. The molecule has 0 radical (unpaired) electrons. The molecule has 0 heterocycles. The van der Waals surface area contributed by atoms with Crippen molar-refractivity contribution < 1.29 is 19.4 Å². The molecule has 1 aromatic carbocycles. The average molecular weight is 721 g/mol. The Balaban J connectivity index is -0.00000104. The fraction of sp³-hybridized carbons (Fsp3) is 0.522. The first-order valence-corrected chi connectivity index (χ1v) is 19.5. The van der Waals surface area contributed by atoms with Gasteiger partial charge in [-0.1, -0.05) is 144 Å². The van der Waals surface area contributed by atoms with Crippen LogP contribution in [0.4, 0.5) is 5.69 Å². The number of carbonyl (C=O) groups excluding carboxylic acids is 1. The number of ether oxygens (including phenoxy) is 1. The fourth-order valence-corrected chi connectivity index (χ4v) is 4.05. The minimum absolute atomic E-state index is 0.0824. The van der Waals surface area contributed by atoms with Crippen molar-refractivity contribution in [1.29, 1.82) is 0 Å². The van der Waals surface area contributed by atoms with Crippen molar-refractivity contribution in [3.8, 4) is 12.3 Å². The Kier molecular flexibility index (Phi) is 43.2. The topological polar surface area (TPSA) is 78.9 Å². The standard InChI is InChI=1S/C36H52N2O4.C3H8.C3H4.2C2H6/c1-7-11-18-30(17-10-4)28-42-33(20-13-9-3)21-15-14-16-24-38(27-35(39)37-26-29(5)6)34-25-32(36(40)41)23-22-31(34)19-12-8-2;2*1-3-2;2*1-2/h7,11,13-14,16-18,20-23,25,29H,1,8-10,12,15,19,24,26-28H2,2-6H3,(H,37,39)(H,40,41);3H2,1-2H3;1H,2H3;2*1-2H3/b16-14+,18-11-,20-13-,30-17+,33-21?;;;;. The van der Waals surface area contributed by atoms with Crippen molar-refractivity contribution in [3.63, 3.8) is 0 Å². The highest BCUT2D eigenvalue weighted by Crippen LogP contribution is 2.25. The van der Waals surface area contributed by atoms with Crippen LogP contribution >= 0.6 is 0 Å². The Bertz CT molecular complexity index is 1230. The molecule has 1 amide bonds. The Morgan fingerprint density at radius 2 is 1.63 bits per heavy atom. The molecular weight excluding hydrogens is 645 g/mol. The summed E-state index contributed by atoms with van der Waals surface area (Å²) >= 11 is 0. The van der Waals surface area contributed by atoms with Gasteiger partial charge in [-0.3, -0.25) is 4.79 Å². The second-order valence-corrected chi connectivity index (χ2v) is 11.5. The predicted molar refractivity (Wildman–Crippen MR) is 230 cm³/mol. The minimum Gasteiger partial charge on any atom is -0.489 e.